The summed E-state index contributed by atoms with van der Waals surface area (Å²) in [5.41, 5.74) is 4.17. The molecule has 2 heterocycles. The van der Waals surface area contributed by atoms with Crippen molar-refractivity contribution in [2.75, 3.05) is 4.90 Å². The first-order valence-electron chi connectivity index (χ1n) is 9.13. The van der Waals surface area contributed by atoms with Crippen molar-refractivity contribution in [1.82, 2.24) is 0 Å². The lowest BCUT2D eigenvalue weighted by Gasteiger charge is -2.19. The van der Waals surface area contributed by atoms with Gasteiger partial charge in [-0.15, -0.1) is 0 Å². The Balaban J connectivity index is 1.51. The zero-order valence-electron chi connectivity index (χ0n) is 16.0. The van der Waals surface area contributed by atoms with Gasteiger partial charge in [0, 0.05) is 11.8 Å². The fraction of sp³-hybridized carbons (Fsp3) is 0.130. The van der Waals surface area contributed by atoms with Gasteiger partial charge in [-0.3, -0.25) is 9.69 Å². The predicted molar refractivity (Wildman–Crippen MR) is 126 cm³/mol. The molecule has 0 bridgehead atoms. The highest BCUT2D eigenvalue weighted by Gasteiger charge is 2.35. The number of hydrogen-bond acceptors (Lipinski definition) is 5. The molecule has 3 aromatic rings. The summed E-state index contributed by atoms with van der Waals surface area (Å²) >= 11 is 8.45. The number of rotatable bonds is 5. The van der Waals surface area contributed by atoms with Crippen LogP contribution in [0, 0.1) is 13.8 Å². The van der Waals surface area contributed by atoms with Gasteiger partial charge in [0.2, 0.25) is 0 Å². The van der Waals surface area contributed by atoms with Gasteiger partial charge >= 0.3 is 0 Å². The zero-order valence-corrected chi connectivity index (χ0v) is 18.5. The number of hydrogen-bond donors (Lipinski definition) is 0. The molecule has 29 heavy (non-hydrogen) atoms. The number of aryl methyl sites for hydroxylation is 2. The molecule has 1 aliphatic rings. The smallest absolute Gasteiger partial charge is 0.270 e. The molecule has 6 heteroatoms. The van der Waals surface area contributed by atoms with Gasteiger partial charge in [0.15, 0.2) is 9.41 Å². The molecule has 0 saturated carbocycles. The maximum atomic E-state index is 13.0. The molecular weight excluding hydrogens is 418 g/mol. The second-order valence-corrected chi connectivity index (χ2v) is 9.34. The molecule has 3 nitrogen and oxygen atoms in total. The summed E-state index contributed by atoms with van der Waals surface area (Å²) in [6.45, 7) is 3.99. The Morgan fingerprint density at radius 1 is 1.03 bits per heavy atom. The molecule has 146 valence electrons. The van der Waals surface area contributed by atoms with Gasteiger partial charge in [-0.1, -0.05) is 84.3 Å². The van der Waals surface area contributed by atoms with Gasteiger partial charge in [-0.05, 0) is 42.7 Å². The monoisotopic (exact) mass is 437 g/mol. The molecule has 1 fully saturated rings. The highest BCUT2D eigenvalue weighted by Crippen LogP contribution is 2.39. The summed E-state index contributed by atoms with van der Waals surface area (Å²) in [6, 6.07) is 20.0. The van der Waals surface area contributed by atoms with Crippen molar-refractivity contribution >= 4 is 57.7 Å². The lowest BCUT2D eigenvalue weighted by molar-refractivity contribution is -0.113. The van der Waals surface area contributed by atoms with E-state index in [4.69, 9.17) is 16.6 Å². The summed E-state index contributed by atoms with van der Waals surface area (Å²) in [7, 11) is 0. The van der Waals surface area contributed by atoms with Gasteiger partial charge in [0.05, 0.1) is 10.6 Å². The minimum atomic E-state index is -0.104. The van der Waals surface area contributed by atoms with Gasteiger partial charge in [0.1, 0.15) is 5.76 Å². The molecule has 1 saturated heterocycles. The van der Waals surface area contributed by atoms with Crippen LogP contribution in [-0.2, 0) is 10.5 Å². The average Bonchev–Trinajstić information content (AvgIpc) is 3.26. The van der Waals surface area contributed by atoms with Crippen molar-refractivity contribution in [3.63, 3.8) is 0 Å². The van der Waals surface area contributed by atoms with Crippen molar-refractivity contribution < 1.29 is 9.21 Å². The van der Waals surface area contributed by atoms with E-state index in [9.17, 15) is 4.79 Å². The van der Waals surface area contributed by atoms with E-state index in [2.05, 4.69) is 12.1 Å². The maximum Gasteiger partial charge on any atom is 0.270 e. The Hall–Kier alpha value is -2.28. The summed E-state index contributed by atoms with van der Waals surface area (Å²) in [4.78, 5) is 15.3. The molecule has 0 radical (unpaired) electrons. The number of thiocarbonyl (C=S) groups is 1. The minimum absolute atomic E-state index is 0.104. The second kappa shape index (κ2) is 8.61. The van der Waals surface area contributed by atoms with E-state index < -0.39 is 0 Å². The van der Waals surface area contributed by atoms with Crippen LogP contribution in [0.15, 0.2) is 75.1 Å². The predicted octanol–water partition coefficient (Wildman–Crippen LogP) is 6.59. The number of furan rings is 1. The molecule has 0 atom stereocenters. The normalized spacial score (nSPS) is 15.5. The van der Waals surface area contributed by atoms with E-state index in [1.54, 1.807) is 22.7 Å². The number of benzene rings is 2. The van der Waals surface area contributed by atoms with E-state index in [-0.39, 0.29) is 5.91 Å². The average molecular weight is 438 g/mol. The Labute approximate surface area is 184 Å². The number of nitrogens with zero attached hydrogens (tertiary/aromatic N) is 1. The summed E-state index contributed by atoms with van der Waals surface area (Å²) in [5, 5.41) is 0.824. The highest BCUT2D eigenvalue weighted by atomic mass is 32.2. The quantitative estimate of drug-likeness (QED) is 0.255. The van der Waals surface area contributed by atoms with Gasteiger partial charge in [-0.25, -0.2) is 0 Å². The first kappa shape index (κ1) is 20.0. The van der Waals surface area contributed by atoms with Crippen LogP contribution in [0.3, 0.4) is 0 Å². The van der Waals surface area contributed by atoms with Crippen LogP contribution in [-0.4, -0.2) is 10.2 Å². The number of anilines is 1. The molecule has 0 N–H and O–H groups in total. The molecular formula is C23H19NO2S3. The molecule has 1 aliphatic heterocycles. The molecule has 4 rings (SSSR count). The van der Waals surface area contributed by atoms with Crippen molar-refractivity contribution in [3.05, 3.63) is 88.0 Å². The first-order chi connectivity index (χ1) is 14.0. The molecule has 1 aromatic heterocycles. The molecule has 0 unspecified atom stereocenters. The van der Waals surface area contributed by atoms with Crippen molar-refractivity contribution in [2.45, 2.75) is 24.7 Å². The molecule has 0 aliphatic carbocycles. The summed E-state index contributed by atoms with van der Waals surface area (Å²) in [5.74, 6) is 1.39. The van der Waals surface area contributed by atoms with Crippen LogP contribution in [0.2, 0.25) is 0 Å². The van der Waals surface area contributed by atoms with Crippen molar-refractivity contribution in [2.24, 2.45) is 0 Å². The summed E-state index contributed by atoms with van der Waals surface area (Å²) in [6.07, 6.45) is 1.78. The van der Waals surface area contributed by atoms with Crippen LogP contribution >= 0.6 is 35.7 Å². The van der Waals surface area contributed by atoms with E-state index in [0.29, 0.717) is 15.0 Å². The number of thioether (sulfide) groups is 2. The zero-order chi connectivity index (χ0) is 20.4. The Bertz CT molecular complexity index is 1080. The highest BCUT2D eigenvalue weighted by molar-refractivity contribution is 8.27. The Morgan fingerprint density at radius 2 is 1.76 bits per heavy atom. The minimum Gasteiger partial charge on any atom is -0.450 e. The maximum absolute atomic E-state index is 13.0. The SMILES string of the molecule is Cc1cccc(C)c1N1C(=O)C(=Cc2ccc(SCc3ccccc3)o2)SC1=S. The van der Waals surface area contributed by atoms with E-state index in [1.165, 1.54) is 17.3 Å². The third kappa shape index (κ3) is 4.34. The van der Waals surface area contributed by atoms with Gasteiger partial charge in [-0.2, -0.15) is 0 Å². The van der Waals surface area contributed by atoms with Crippen LogP contribution in [0.4, 0.5) is 5.69 Å². The van der Waals surface area contributed by atoms with Crippen LogP contribution in [0.1, 0.15) is 22.5 Å². The van der Waals surface area contributed by atoms with E-state index in [0.717, 1.165) is 27.7 Å². The Morgan fingerprint density at radius 3 is 2.48 bits per heavy atom. The first-order valence-corrected chi connectivity index (χ1v) is 11.3. The lowest BCUT2D eigenvalue weighted by atomic mass is 10.1. The van der Waals surface area contributed by atoms with Gasteiger partial charge in [0.25, 0.3) is 5.91 Å². The Kier molecular flexibility index (Phi) is 5.94. The second-order valence-electron chi connectivity index (χ2n) is 6.69. The van der Waals surface area contributed by atoms with Crippen LogP contribution < -0.4 is 4.90 Å². The third-order valence-corrected chi connectivity index (χ3v) is 6.84. The largest absolute Gasteiger partial charge is 0.450 e. The third-order valence-electron chi connectivity index (χ3n) is 4.56. The van der Waals surface area contributed by atoms with Crippen molar-refractivity contribution in [3.8, 4) is 0 Å². The van der Waals surface area contributed by atoms with Crippen LogP contribution in [0.5, 0.6) is 0 Å². The molecule has 0 spiro atoms. The number of amides is 1. The molecule has 2 aromatic carbocycles. The number of carbonyl (C=O) groups excluding carboxylic acids is 1. The van der Waals surface area contributed by atoms with Gasteiger partial charge < -0.3 is 4.42 Å². The van der Waals surface area contributed by atoms with E-state index >= 15 is 0 Å². The lowest BCUT2D eigenvalue weighted by Crippen LogP contribution is -2.29. The summed E-state index contributed by atoms with van der Waals surface area (Å²) < 4.78 is 6.44. The molecule has 1 amide bonds. The fourth-order valence-electron chi connectivity index (χ4n) is 3.17. The van der Waals surface area contributed by atoms with E-state index in [1.807, 2.05) is 62.4 Å². The fourth-order valence-corrected chi connectivity index (χ4v) is 5.24. The van der Waals surface area contributed by atoms with Crippen LogP contribution in [0.25, 0.3) is 6.08 Å². The number of para-hydroxylation sites is 1. The topological polar surface area (TPSA) is 33.5 Å². The standard InChI is InChI=1S/C23H19NO2S3/c1-15-7-6-8-16(2)21(15)24-22(25)19(29-23(24)27)13-18-11-12-20(26-18)28-14-17-9-4-3-5-10-17/h3-13H,14H2,1-2H3. The number of carbonyl (C=O) groups is 1. The van der Waals surface area contributed by atoms with Crippen molar-refractivity contribution in [1.29, 1.82) is 0 Å².